The third-order valence-electron chi connectivity index (χ3n) is 9.07. The number of nitrogens with one attached hydrogen (secondary N) is 1. The van der Waals surface area contributed by atoms with E-state index in [-0.39, 0.29) is 28.5 Å². The molecule has 1 N–H and O–H groups in total. The molecule has 5 rings (SSSR count). The molecule has 0 aromatic carbocycles. The Kier molecular flexibility index (Phi) is 4.61. The van der Waals surface area contributed by atoms with Crippen molar-refractivity contribution in [2.24, 2.45) is 28.6 Å². The predicted molar refractivity (Wildman–Crippen MR) is 118 cm³/mol. The van der Waals surface area contributed by atoms with Crippen molar-refractivity contribution in [2.45, 2.75) is 71.8 Å². The van der Waals surface area contributed by atoms with Crippen LogP contribution in [-0.2, 0) is 9.53 Å². The summed E-state index contributed by atoms with van der Waals surface area (Å²) < 4.78 is 5.56. The summed E-state index contributed by atoms with van der Waals surface area (Å²) in [5.74, 6) is 1.94. The standard InChI is InChI=1S/C26H33NO3/c1-16(28)30-19-10-12-25(2)18(14-19)5-6-20-22-8-7-21(17-4-9-24(29)27-15-17)26(22,3)13-11-23(20)25/h4-5,7,9,15,19-20,22-23H,6,8,10-14H2,1-3H3,(H,27,29)/t19-,20?,22?,23?,25-,26+/m0/s1. The van der Waals surface area contributed by atoms with Crippen LogP contribution in [0.2, 0.25) is 0 Å². The molecule has 0 spiro atoms. The summed E-state index contributed by atoms with van der Waals surface area (Å²) in [6.07, 6.45) is 14.7. The summed E-state index contributed by atoms with van der Waals surface area (Å²) >= 11 is 0. The van der Waals surface area contributed by atoms with Crippen molar-refractivity contribution < 1.29 is 9.53 Å². The monoisotopic (exact) mass is 407 g/mol. The fraction of sp³-hybridized carbons (Fsp3) is 0.615. The molecule has 4 aliphatic carbocycles. The number of hydrogen-bond donors (Lipinski definition) is 1. The molecule has 0 radical (unpaired) electrons. The second-order valence-corrected chi connectivity index (χ2v) is 10.5. The first-order valence-electron chi connectivity index (χ1n) is 11.6. The Labute approximate surface area is 178 Å². The van der Waals surface area contributed by atoms with E-state index < -0.39 is 0 Å². The van der Waals surface area contributed by atoms with Gasteiger partial charge in [-0.1, -0.05) is 31.6 Å². The van der Waals surface area contributed by atoms with Gasteiger partial charge in [-0.2, -0.15) is 0 Å². The third-order valence-corrected chi connectivity index (χ3v) is 9.07. The first-order valence-corrected chi connectivity index (χ1v) is 11.6. The van der Waals surface area contributed by atoms with Crippen molar-refractivity contribution in [1.29, 1.82) is 0 Å². The van der Waals surface area contributed by atoms with Crippen LogP contribution >= 0.6 is 0 Å². The van der Waals surface area contributed by atoms with Gasteiger partial charge in [-0.05, 0) is 84.3 Å². The van der Waals surface area contributed by atoms with Crippen molar-refractivity contribution in [3.05, 3.63) is 52.0 Å². The van der Waals surface area contributed by atoms with Gasteiger partial charge in [-0.3, -0.25) is 9.59 Å². The van der Waals surface area contributed by atoms with Crippen LogP contribution in [0.1, 0.15) is 71.3 Å². The van der Waals surface area contributed by atoms with Crippen LogP contribution in [-0.4, -0.2) is 17.1 Å². The van der Waals surface area contributed by atoms with Gasteiger partial charge < -0.3 is 9.72 Å². The number of allylic oxidation sites excluding steroid dienone is 3. The summed E-state index contributed by atoms with van der Waals surface area (Å²) in [6.45, 7) is 6.46. The maximum Gasteiger partial charge on any atom is 0.302 e. The first-order chi connectivity index (χ1) is 14.3. The van der Waals surface area contributed by atoms with E-state index >= 15 is 0 Å². The topological polar surface area (TPSA) is 59.2 Å². The number of ether oxygens (including phenoxy) is 1. The zero-order valence-electron chi connectivity index (χ0n) is 18.4. The Morgan fingerprint density at radius 1 is 1.07 bits per heavy atom. The predicted octanol–water partition coefficient (Wildman–Crippen LogP) is 5.26. The lowest BCUT2D eigenvalue weighted by molar-refractivity contribution is -0.148. The van der Waals surface area contributed by atoms with Crippen molar-refractivity contribution in [3.63, 3.8) is 0 Å². The van der Waals surface area contributed by atoms with Crippen LogP contribution in [0, 0.1) is 28.6 Å². The molecule has 2 fully saturated rings. The molecule has 0 amide bonds. The van der Waals surface area contributed by atoms with Crippen LogP contribution in [0.5, 0.6) is 0 Å². The summed E-state index contributed by atoms with van der Waals surface area (Å²) in [4.78, 5) is 25.8. The Balaban J connectivity index is 1.41. The first kappa shape index (κ1) is 19.8. The van der Waals surface area contributed by atoms with Crippen LogP contribution in [0.4, 0.5) is 0 Å². The van der Waals surface area contributed by atoms with Crippen molar-refractivity contribution in [2.75, 3.05) is 0 Å². The molecular weight excluding hydrogens is 374 g/mol. The normalized spacial score (nSPS) is 39.8. The average molecular weight is 408 g/mol. The van der Waals surface area contributed by atoms with Crippen molar-refractivity contribution in [1.82, 2.24) is 4.98 Å². The molecule has 6 atom stereocenters. The largest absolute Gasteiger partial charge is 0.462 e. The Bertz CT molecular complexity index is 968. The van der Waals surface area contributed by atoms with Crippen LogP contribution in [0.15, 0.2) is 40.8 Å². The number of aromatic amines is 1. The molecule has 1 aromatic heterocycles. The fourth-order valence-corrected chi connectivity index (χ4v) is 7.56. The van der Waals surface area contributed by atoms with Gasteiger partial charge in [0.2, 0.25) is 5.56 Å². The minimum absolute atomic E-state index is 0.0371. The maximum absolute atomic E-state index is 11.5. The van der Waals surface area contributed by atoms with Gasteiger partial charge in [-0.15, -0.1) is 0 Å². The fourth-order valence-electron chi connectivity index (χ4n) is 7.56. The molecule has 4 heteroatoms. The van der Waals surface area contributed by atoms with Gasteiger partial charge in [0.05, 0.1) is 0 Å². The van der Waals surface area contributed by atoms with E-state index in [0.717, 1.165) is 38.0 Å². The maximum atomic E-state index is 11.5. The number of carbonyl (C=O) groups excluding carboxylic acids is 1. The molecule has 4 nitrogen and oxygen atoms in total. The number of hydrogen-bond acceptors (Lipinski definition) is 3. The lowest BCUT2D eigenvalue weighted by atomic mass is 9.47. The van der Waals surface area contributed by atoms with Gasteiger partial charge >= 0.3 is 5.97 Å². The zero-order valence-corrected chi connectivity index (χ0v) is 18.4. The summed E-state index contributed by atoms with van der Waals surface area (Å²) in [6, 6.07) is 3.64. The molecule has 0 saturated heterocycles. The second-order valence-electron chi connectivity index (χ2n) is 10.5. The highest BCUT2D eigenvalue weighted by Crippen LogP contribution is 2.66. The van der Waals surface area contributed by atoms with Crippen molar-refractivity contribution in [3.8, 4) is 0 Å². The summed E-state index contributed by atoms with van der Waals surface area (Å²) in [5.41, 5.74) is 4.55. The molecule has 4 aliphatic rings. The van der Waals surface area contributed by atoms with Gasteiger partial charge in [0, 0.05) is 25.6 Å². The van der Waals surface area contributed by atoms with Crippen LogP contribution in [0.25, 0.3) is 5.57 Å². The Morgan fingerprint density at radius 3 is 2.60 bits per heavy atom. The van der Waals surface area contributed by atoms with E-state index in [2.05, 4.69) is 31.0 Å². The van der Waals surface area contributed by atoms with Gasteiger partial charge in [-0.25, -0.2) is 0 Å². The van der Waals surface area contributed by atoms with E-state index in [1.54, 1.807) is 6.07 Å². The van der Waals surface area contributed by atoms with E-state index in [1.807, 2.05) is 12.3 Å². The summed E-state index contributed by atoms with van der Waals surface area (Å²) in [7, 11) is 0. The number of pyridine rings is 1. The third kappa shape index (κ3) is 2.94. The molecule has 2 saturated carbocycles. The quantitative estimate of drug-likeness (QED) is 0.537. The average Bonchev–Trinajstić information content (AvgIpc) is 3.06. The zero-order chi connectivity index (χ0) is 21.1. The van der Waals surface area contributed by atoms with E-state index in [9.17, 15) is 9.59 Å². The van der Waals surface area contributed by atoms with Crippen molar-refractivity contribution >= 4 is 11.5 Å². The minimum Gasteiger partial charge on any atom is -0.462 e. The molecule has 160 valence electrons. The molecular formula is C26H33NO3. The van der Waals surface area contributed by atoms with E-state index in [1.165, 1.54) is 36.5 Å². The molecule has 3 unspecified atom stereocenters. The minimum atomic E-state index is -0.155. The van der Waals surface area contributed by atoms with Crippen LogP contribution < -0.4 is 5.56 Å². The Hall–Kier alpha value is -2.10. The number of aromatic nitrogens is 1. The van der Waals surface area contributed by atoms with Gasteiger partial charge in [0.15, 0.2) is 0 Å². The number of carbonyl (C=O) groups is 1. The lowest BCUT2D eigenvalue weighted by Gasteiger charge is -2.57. The summed E-state index contributed by atoms with van der Waals surface area (Å²) in [5, 5.41) is 0. The number of H-pyrrole nitrogens is 1. The molecule has 1 heterocycles. The van der Waals surface area contributed by atoms with Crippen LogP contribution in [0.3, 0.4) is 0 Å². The smallest absolute Gasteiger partial charge is 0.302 e. The van der Waals surface area contributed by atoms with Gasteiger partial charge in [0.25, 0.3) is 0 Å². The van der Waals surface area contributed by atoms with E-state index in [4.69, 9.17) is 4.74 Å². The molecule has 1 aromatic rings. The molecule has 30 heavy (non-hydrogen) atoms. The van der Waals surface area contributed by atoms with E-state index in [0.29, 0.717) is 11.8 Å². The number of fused-ring (bicyclic) bond motifs is 5. The second kappa shape index (κ2) is 6.96. The number of esters is 1. The molecule has 0 bridgehead atoms. The highest BCUT2D eigenvalue weighted by atomic mass is 16.5. The highest BCUT2D eigenvalue weighted by molar-refractivity contribution is 5.72. The SMILES string of the molecule is CC(=O)O[C@H]1CC[C@@]2(C)C(=CCC3C2CC[C@]2(C)C(c4ccc(=O)[nH]c4)=CCC32)C1. The lowest BCUT2D eigenvalue weighted by Crippen LogP contribution is -2.50. The van der Waals surface area contributed by atoms with Gasteiger partial charge in [0.1, 0.15) is 6.10 Å². The number of rotatable bonds is 2. The molecule has 0 aliphatic heterocycles. The highest BCUT2D eigenvalue weighted by Gasteiger charge is 2.56. The Morgan fingerprint density at radius 2 is 1.87 bits per heavy atom.